The fraction of sp³-hybridized carbons (Fsp3) is 0.167. The molecule has 2 aromatic carbocycles. The number of carbonyl (C=O) groups excluding carboxylic acids is 1. The van der Waals surface area contributed by atoms with Gasteiger partial charge in [0.2, 0.25) is 0 Å². The van der Waals surface area contributed by atoms with E-state index in [1.54, 1.807) is 56.3 Å². The number of para-hydroxylation sites is 1. The van der Waals surface area contributed by atoms with E-state index in [0.717, 1.165) is 17.8 Å². The maximum absolute atomic E-state index is 13.9. The molecule has 0 fully saturated rings. The summed E-state index contributed by atoms with van der Waals surface area (Å²) >= 11 is 0.955. The van der Waals surface area contributed by atoms with Gasteiger partial charge in [-0.25, -0.2) is 4.98 Å². The van der Waals surface area contributed by atoms with Crippen molar-refractivity contribution in [3.8, 4) is 5.75 Å². The van der Waals surface area contributed by atoms with Crippen molar-refractivity contribution >= 4 is 29.1 Å². The Hall–Kier alpha value is -3.26. The van der Waals surface area contributed by atoms with E-state index in [1.165, 1.54) is 12.1 Å². The molecule has 1 amide bonds. The lowest BCUT2D eigenvalue weighted by Gasteiger charge is -2.16. The molecule has 0 aliphatic rings. The van der Waals surface area contributed by atoms with E-state index in [-0.39, 0.29) is 16.0 Å². The second kappa shape index (κ2) is 9.91. The van der Waals surface area contributed by atoms with Crippen LogP contribution in [0.15, 0.2) is 77.0 Å². The van der Waals surface area contributed by atoms with Crippen LogP contribution in [-0.2, 0) is 11.0 Å². The van der Waals surface area contributed by atoms with Gasteiger partial charge in [0.15, 0.2) is 0 Å². The van der Waals surface area contributed by atoms with Crippen LogP contribution in [0.3, 0.4) is 0 Å². The van der Waals surface area contributed by atoms with Crippen LogP contribution in [-0.4, -0.2) is 17.5 Å². The van der Waals surface area contributed by atoms with Gasteiger partial charge in [0.25, 0.3) is 5.91 Å². The molecule has 0 saturated heterocycles. The number of pyridine rings is 1. The van der Waals surface area contributed by atoms with Gasteiger partial charge < -0.3 is 10.1 Å². The highest BCUT2D eigenvalue weighted by Gasteiger charge is 2.34. The highest BCUT2D eigenvalue weighted by molar-refractivity contribution is 7.99. The third-order valence-corrected chi connectivity index (χ3v) is 5.54. The second-order valence-electron chi connectivity index (χ2n) is 6.79. The summed E-state index contributed by atoms with van der Waals surface area (Å²) in [6.45, 7) is 7.65. The molecule has 3 rings (SSSR count). The summed E-state index contributed by atoms with van der Waals surface area (Å²) in [7, 11) is 0. The van der Waals surface area contributed by atoms with Crippen LogP contribution in [0.2, 0.25) is 0 Å². The Kier molecular flexibility index (Phi) is 7.25. The summed E-state index contributed by atoms with van der Waals surface area (Å²) in [5.74, 6) is 0.178. The first-order chi connectivity index (χ1) is 15.2. The number of nitrogens with zero attached hydrogens (tertiary/aromatic N) is 1. The minimum atomic E-state index is -4.62. The number of halogens is 3. The number of anilines is 1. The Balaban J connectivity index is 1.90. The van der Waals surface area contributed by atoms with Crippen molar-refractivity contribution in [2.75, 3.05) is 11.9 Å². The first-order valence-corrected chi connectivity index (χ1v) is 10.6. The fourth-order valence-electron chi connectivity index (χ4n) is 2.89. The molecule has 0 aliphatic heterocycles. The summed E-state index contributed by atoms with van der Waals surface area (Å²) in [5, 5.41) is 2.56. The number of hydrogen-bond donors (Lipinski definition) is 1. The Morgan fingerprint density at radius 3 is 2.53 bits per heavy atom. The molecule has 1 N–H and O–H groups in total. The van der Waals surface area contributed by atoms with E-state index in [1.807, 2.05) is 0 Å². The molecule has 0 bridgehead atoms. The smallest absolute Gasteiger partial charge is 0.417 e. The number of hydrogen-bond acceptors (Lipinski definition) is 4. The highest BCUT2D eigenvalue weighted by Crippen LogP contribution is 2.43. The standard InChI is InChI=1S/C24H21F3N2O2S/c1-4-31-19-9-5-6-10-21(19)32-20-13-12-17(14-18(20)24(25,26)27)16(3)23(30)29-22-11-7-8-15(2)28-22/h5-14H,3-4H2,1-2H3,(H,28,29,30). The zero-order chi connectivity index (χ0) is 23.3. The molecule has 3 aromatic rings. The van der Waals surface area contributed by atoms with Crippen LogP contribution in [0.1, 0.15) is 23.7 Å². The molecule has 1 heterocycles. The predicted molar refractivity (Wildman–Crippen MR) is 120 cm³/mol. The summed E-state index contributed by atoms with van der Waals surface area (Å²) in [6, 6.07) is 15.7. The number of benzene rings is 2. The quantitative estimate of drug-likeness (QED) is 0.405. The van der Waals surface area contributed by atoms with Gasteiger partial charge in [-0.2, -0.15) is 13.2 Å². The average Bonchev–Trinajstić information content (AvgIpc) is 2.74. The van der Waals surface area contributed by atoms with E-state index in [9.17, 15) is 18.0 Å². The Bertz CT molecular complexity index is 1150. The number of alkyl halides is 3. The number of aromatic nitrogens is 1. The van der Waals surface area contributed by atoms with Gasteiger partial charge in [0.1, 0.15) is 11.6 Å². The first kappa shape index (κ1) is 23.4. The van der Waals surface area contributed by atoms with Gasteiger partial charge in [0.05, 0.1) is 17.1 Å². The Morgan fingerprint density at radius 1 is 1.09 bits per heavy atom. The molecule has 0 atom stereocenters. The normalized spacial score (nSPS) is 11.2. The van der Waals surface area contributed by atoms with Crippen molar-refractivity contribution in [2.45, 2.75) is 29.8 Å². The number of rotatable bonds is 7. The minimum absolute atomic E-state index is 0.00182. The van der Waals surface area contributed by atoms with E-state index in [0.29, 0.717) is 28.8 Å². The number of aryl methyl sites for hydroxylation is 1. The third kappa shape index (κ3) is 5.70. The maximum Gasteiger partial charge on any atom is 0.417 e. The third-order valence-electron chi connectivity index (χ3n) is 4.41. The number of carbonyl (C=O) groups is 1. The lowest BCUT2D eigenvalue weighted by atomic mass is 10.0. The highest BCUT2D eigenvalue weighted by atomic mass is 32.2. The molecule has 0 radical (unpaired) electrons. The average molecular weight is 459 g/mol. The zero-order valence-electron chi connectivity index (χ0n) is 17.5. The molecule has 166 valence electrons. The van der Waals surface area contributed by atoms with Crippen LogP contribution >= 0.6 is 11.8 Å². The summed E-state index contributed by atoms with van der Waals surface area (Å²) in [6.07, 6.45) is -4.62. The van der Waals surface area contributed by atoms with Gasteiger partial charge in [-0.05, 0) is 55.8 Å². The summed E-state index contributed by atoms with van der Waals surface area (Å²) in [4.78, 5) is 17.3. The summed E-state index contributed by atoms with van der Waals surface area (Å²) in [5.41, 5.74) is -0.176. The number of ether oxygens (including phenoxy) is 1. The molecule has 0 spiro atoms. The summed E-state index contributed by atoms with van der Waals surface area (Å²) < 4.78 is 47.1. The first-order valence-electron chi connectivity index (χ1n) is 9.74. The largest absolute Gasteiger partial charge is 0.493 e. The number of nitrogens with one attached hydrogen (secondary N) is 1. The van der Waals surface area contributed by atoms with Crippen LogP contribution in [0.25, 0.3) is 5.57 Å². The van der Waals surface area contributed by atoms with E-state index in [2.05, 4.69) is 16.9 Å². The second-order valence-corrected chi connectivity index (χ2v) is 7.87. The molecule has 4 nitrogen and oxygen atoms in total. The van der Waals surface area contributed by atoms with Gasteiger partial charge >= 0.3 is 6.18 Å². The van der Waals surface area contributed by atoms with E-state index in [4.69, 9.17) is 4.74 Å². The fourth-order valence-corrected chi connectivity index (χ4v) is 3.92. The molecule has 1 aromatic heterocycles. The molecule has 8 heteroatoms. The molecular formula is C24H21F3N2O2S. The molecule has 0 unspecified atom stereocenters. The van der Waals surface area contributed by atoms with Crippen LogP contribution in [0.5, 0.6) is 5.75 Å². The van der Waals surface area contributed by atoms with Gasteiger partial charge in [-0.3, -0.25) is 4.79 Å². The molecular weight excluding hydrogens is 437 g/mol. The van der Waals surface area contributed by atoms with Crippen molar-refractivity contribution in [3.63, 3.8) is 0 Å². The van der Waals surface area contributed by atoms with Crippen LogP contribution in [0, 0.1) is 6.92 Å². The lowest BCUT2D eigenvalue weighted by Crippen LogP contribution is -2.15. The van der Waals surface area contributed by atoms with E-state index >= 15 is 0 Å². The van der Waals surface area contributed by atoms with Crippen LogP contribution < -0.4 is 10.1 Å². The van der Waals surface area contributed by atoms with Gasteiger partial charge in [-0.15, -0.1) is 0 Å². The topological polar surface area (TPSA) is 51.2 Å². The van der Waals surface area contributed by atoms with Crippen molar-refractivity contribution in [3.05, 3.63) is 84.1 Å². The van der Waals surface area contributed by atoms with Crippen LogP contribution in [0.4, 0.5) is 19.0 Å². The predicted octanol–water partition coefficient (Wildman–Crippen LogP) is 6.61. The Labute approximate surface area is 188 Å². The SMILES string of the molecule is C=C(C(=O)Nc1cccc(C)n1)c1ccc(Sc2ccccc2OCC)c(C(F)(F)F)c1. The molecule has 0 aliphatic carbocycles. The van der Waals surface area contributed by atoms with Crippen molar-refractivity contribution in [2.24, 2.45) is 0 Å². The zero-order valence-corrected chi connectivity index (χ0v) is 18.3. The maximum atomic E-state index is 13.9. The molecule has 32 heavy (non-hydrogen) atoms. The molecule has 0 saturated carbocycles. The van der Waals surface area contributed by atoms with Gasteiger partial charge in [0, 0.05) is 16.2 Å². The van der Waals surface area contributed by atoms with Gasteiger partial charge in [-0.1, -0.05) is 42.6 Å². The monoisotopic (exact) mass is 458 g/mol. The minimum Gasteiger partial charge on any atom is -0.493 e. The van der Waals surface area contributed by atoms with Crippen molar-refractivity contribution in [1.82, 2.24) is 4.98 Å². The Morgan fingerprint density at radius 2 is 1.84 bits per heavy atom. The van der Waals surface area contributed by atoms with Crippen molar-refractivity contribution in [1.29, 1.82) is 0 Å². The number of amides is 1. The lowest BCUT2D eigenvalue weighted by molar-refractivity contribution is -0.139. The van der Waals surface area contributed by atoms with E-state index < -0.39 is 17.6 Å². The van der Waals surface area contributed by atoms with Crippen molar-refractivity contribution < 1.29 is 22.7 Å².